The van der Waals surface area contributed by atoms with Gasteiger partial charge in [0.05, 0.1) is 11.4 Å². The third-order valence-corrected chi connectivity index (χ3v) is 3.36. The molecule has 0 aromatic heterocycles. The molecule has 1 aliphatic carbocycles. The largest absolute Gasteiger partial charge is 0.359 e. The summed E-state index contributed by atoms with van der Waals surface area (Å²) in [6.45, 7) is 0. The average Bonchev–Trinajstić information content (AvgIpc) is 3.30. The maximum Gasteiger partial charge on any atom is 0.185 e. The SMILES string of the molecule is S=C(NC1CC1)NN(c1ccccc1)c1ccccc1. The van der Waals surface area contributed by atoms with Gasteiger partial charge in [-0.05, 0) is 49.3 Å². The van der Waals surface area contributed by atoms with Crippen molar-refractivity contribution in [3.8, 4) is 0 Å². The van der Waals surface area contributed by atoms with Crippen molar-refractivity contribution in [2.24, 2.45) is 0 Å². The van der Waals surface area contributed by atoms with Crippen LogP contribution in [0.15, 0.2) is 60.7 Å². The maximum atomic E-state index is 5.38. The number of hydrogen-bond donors (Lipinski definition) is 2. The van der Waals surface area contributed by atoms with E-state index in [4.69, 9.17) is 12.2 Å². The highest BCUT2D eigenvalue weighted by atomic mass is 32.1. The predicted octanol–water partition coefficient (Wildman–Crippen LogP) is 3.37. The van der Waals surface area contributed by atoms with E-state index in [0.717, 1.165) is 11.4 Å². The molecule has 4 heteroatoms. The number of hydrogen-bond acceptors (Lipinski definition) is 2. The third-order valence-electron chi connectivity index (χ3n) is 3.15. The topological polar surface area (TPSA) is 27.3 Å². The van der Waals surface area contributed by atoms with E-state index >= 15 is 0 Å². The monoisotopic (exact) mass is 283 g/mol. The number of benzene rings is 2. The van der Waals surface area contributed by atoms with E-state index in [-0.39, 0.29) is 0 Å². The Morgan fingerprint density at radius 3 is 1.85 bits per heavy atom. The fourth-order valence-corrected chi connectivity index (χ4v) is 2.24. The molecule has 0 amide bonds. The second-order valence-electron chi connectivity index (χ2n) is 4.87. The van der Waals surface area contributed by atoms with Crippen molar-refractivity contribution in [3.05, 3.63) is 60.7 Å². The van der Waals surface area contributed by atoms with Crippen LogP contribution in [0.1, 0.15) is 12.8 Å². The van der Waals surface area contributed by atoms with Gasteiger partial charge in [0, 0.05) is 6.04 Å². The first-order chi connectivity index (χ1) is 9.83. The lowest BCUT2D eigenvalue weighted by Crippen LogP contribution is -2.45. The van der Waals surface area contributed by atoms with Gasteiger partial charge >= 0.3 is 0 Å². The van der Waals surface area contributed by atoms with Gasteiger partial charge in [-0.15, -0.1) is 0 Å². The fraction of sp³-hybridized carbons (Fsp3) is 0.188. The Balaban J connectivity index is 1.81. The maximum absolute atomic E-state index is 5.38. The molecule has 0 heterocycles. The Morgan fingerprint density at radius 1 is 0.900 bits per heavy atom. The van der Waals surface area contributed by atoms with Crippen molar-refractivity contribution in [2.75, 3.05) is 5.01 Å². The molecule has 0 radical (unpaired) electrons. The van der Waals surface area contributed by atoms with Crippen LogP contribution in [0.5, 0.6) is 0 Å². The third kappa shape index (κ3) is 3.27. The molecule has 0 bridgehead atoms. The molecule has 20 heavy (non-hydrogen) atoms. The van der Waals surface area contributed by atoms with Gasteiger partial charge < -0.3 is 5.32 Å². The zero-order valence-electron chi connectivity index (χ0n) is 11.1. The van der Waals surface area contributed by atoms with Gasteiger partial charge in [-0.1, -0.05) is 36.4 Å². The smallest absolute Gasteiger partial charge is 0.185 e. The summed E-state index contributed by atoms with van der Waals surface area (Å²) in [4.78, 5) is 0. The summed E-state index contributed by atoms with van der Waals surface area (Å²) in [5, 5.41) is 5.97. The van der Waals surface area contributed by atoms with E-state index in [0.29, 0.717) is 11.2 Å². The molecular formula is C16H17N3S. The van der Waals surface area contributed by atoms with Crippen LogP contribution in [-0.2, 0) is 0 Å². The summed E-state index contributed by atoms with van der Waals surface area (Å²) in [6.07, 6.45) is 2.41. The van der Waals surface area contributed by atoms with Crippen LogP contribution in [-0.4, -0.2) is 11.2 Å². The number of hydrazine groups is 1. The molecule has 3 nitrogen and oxygen atoms in total. The quantitative estimate of drug-likeness (QED) is 0.664. The number of thiocarbonyl (C=S) groups is 1. The van der Waals surface area contributed by atoms with Crippen LogP contribution in [0.25, 0.3) is 0 Å². The minimum Gasteiger partial charge on any atom is -0.359 e. The second-order valence-corrected chi connectivity index (χ2v) is 5.27. The molecular weight excluding hydrogens is 266 g/mol. The first-order valence-electron chi connectivity index (χ1n) is 6.80. The lowest BCUT2D eigenvalue weighted by atomic mass is 10.2. The van der Waals surface area contributed by atoms with Gasteiger partial charge in [0.2, 0.25) is 0 Å². The standard InChI is InChI=1S/C16H17N3S/c20-16(17-13-11-12-13)18-19(14-7-3-1-4-8-14)15-9-5-2-6-10-15/h1-10,13H,11-12H2,(H2,17,18,20). The van der Waals surface area contributed by atoms with Crippen LogP contribution in [0.4, 0.5) is 11.4 Å². The number of para-hydroxylation sites is 2. The summed E-state index contributed by atoms with van der Waals surface area (Å²) in [7, 11) is 0. The molecule has 2 aromatic carbocycles. The Kier molecular flexibility index (Phi) is 3.83. The number of rotatable bonds is 4. The van der Waals surface area contributed by atoms with Gasteiger partial charge in [0.1, 0.15) is 0 Å². The zero-order chi connectivity index (χ0) is 13.8. The normalized spacial score (nSPS) is 13.6. The summed E-state index contributed by atoms with van der Waals surface area (Å²) < 4.78 is 0. The van der Waals surface area contributed by atoms with Crippen LogP contribution in [0, 0.1) is 0 Å². The fourth-order valence-electron chi connectivity index (χ4n) is 1.98. The number of nitrogens with zero attached hydrogens (tertiary/aromatic N) is 1. The van der Waals surface area contributed by atoms with Gasteiger partial charge in [-0.2, -0.15) is 0 Å². The predicted molar refractivity (Wildman–Crippen MR) is 86.9 cm³/mol. The Bertz CT molecular complexity index is 527. The molecule has 3 rings (SSSR count). The van der Waals surface area contributed by atoms with E-state index in [1.807, 2.05) is 41.4 Å². The highest BCUT2D eigenvalue weighted by Gasteiger charge is 2.22. The minimum absolute atomic E-state index is 0.545. The molecule has 0 spiro atoms. The highest BCUT2D eigenvalue weighted by Crippen LogP contribution is 2.23. The Morgan fingerprint density at radius 2 is 1.40 bits per heavy atom. The van der Waals surface area contributed by atoms with E-state index < -0.39 is 0 Å². The van der Waals surface area contributed by atoms with Crippen molar-refractivity contribution in [1.82, 2.24) is 10.7 Å². The lowest BCUT2D eigenvalue weighted by Gasteiger charge is -2.27. The highest BCUT2D eigenvalue weighted by molar-refractivity contribution is 7.80. The molecule has 0 aliphatic heterocycles. The van der Waals surface area contributed by atoms with E-state index in [1.165, 1.54) is 12.8 Å². The van der Waals surface area contributed by atoms with Gasteiger partial charge in [0.15, 0.2) is 5.11 Å². The molecule has 1 saturated carbocycles. The summed E-state index contributed by atoms with van der Waals surface area (Å²) in [6, 6.07) is 20.9. The van der Waals surface area contributed by atoms with Crippen molar-refractivity contribution in [3.63, 3.8) is 0 Å². The van der Waals surface area contributed by atoms with E-state index in [1.54, 1.807) is 0 Å². The van der Waals surface area contributed by atoms with Gasteiger partial charge in [-0.25, -0.2) is 0 Å². The Labute approximate surface area is 124 Å². The number of nitrogens with one attached hydrogen (secondary N) is 2. The first-order valence-corrected chi connectivity index (χ1v) is 7.21. The second kappa shape index (κ2) is 5.92. The van der Waals surface area contributed by atoms with Crippen LogP contribution in [0.3, 0.4) is 0 Å². The van der Waals surface area contributed by atoms with Crippen molar-refractivity contribution < 1.29 is 0 Å². The Hall–Kier alpha value is -2.07. The number of anilines is 2. The van der Waals surface area contributed by atoms with Crippen LogP contribution < -0.4 is 15.8 Å². The summed E-state index contributed by atoms with van der Waals surface area (Å²) in [5.74, 6) is 0. The van der Waals surface area contributed by atoms with Crippen molar-refractivity contribution in [1.29, 1.82) is 0 Å². The van der Waals surface area contributed by atoms with Crippen LogP contribution >= 0.6 is 12.2 Å². The molecule has 2 N–H and O–H groups in total. The molecule has 0 saturated heterocycles. The van der Waals surface area contributed by atoms with Crippen LogP contribution in [0.2, 0.25) is 0 Å². The molecule has 0 atom stereocenters. The lowest BCUT2D eigenvalue weighted by molar-refractivity contribution is 0.837. The average molecular weight is 283 g/mol. The molecule has 1 aliphatic rings. The molecule has 1 fully saturated rings. The van der Waals surface area contributed by atoms with Gasteiger partial charge in [-0.3, -0.25) is 10.4 Å². The summed E-state index contributed by atoms with van der Waals surface area (Å²) in [5.41, 5.74) is 5.38. The zero-order valence-corrected chi connectivity index (χ0v) is 11.9. The summed E-state index contributed by atoms with van der Waals surface area (Å²) >= 11 is 5.38. The van der Waals surface area contributed by atoms with Crippen molar-refractivity contribution >= 4 is 28.7 Å². The van der Waals surface area contributed by atoms with E-state index in [2.05, 4.69) is 35.0 Å². The molecule has 0 unspecified atom stereocenters. The molecule has 2 aromatic rings. The van der Waals surface area contributed by atoms with Crippen molar-refractivity contribution in [2.45, 2.75) is 18.9 Å². The first kappa shape index (κ1) is 12.9. The molecule has 102 valence electrons. The van der Waals surface area contributed by atoms with Gasteiger partial charge in [0.25, 0.3) is 0 Å². The minimum atomic E-state index is 0.545. The van der Waals surface area contributed by atoms with E-state index in [9.17, 15) is 0 Å².